The molecule has 0 spiro atoms. The third-order valence-electron chi connectivity index (χ3n) is 4.16. The summed E-state index contributed by atoms with van der Waals surface area (Å²) in [5.74, 6) is -1.78. The molecule has 0 saturated carbocycles. The molecule has 1 amide bonds. The van der Waals surface area contributed by atoms with Gasteiger partial charge in [0.2, 0.25) is 0 Å². The van der Waals surface area contributed by atoms with Gasteiger partial charge in [0.05, 0.1) is 18.6 Å². The number of nitrogens with zero attached hydrogens (tertiary/aromatic N) is 1. The first-order valence-electron chi connectivity index (χ1n) is 7.26. The van der Waals surface area contributed by atoms with Crippen molar-refractivity contribution in [1.29, 1.82) is 0 Å². The van der Waals surface area contributed by atoms with Gasteiger partial charge in [-0.25, -0.2) is 0 Å². The fourth-order valence-corrected chi connectivity index (χ4v) is 2.81. The lowest BCUT2D eigenvalue weighted by Crippen LogP contribution is -2.47. The molecule has 0 aromatic heterocycles. The van der Waals surface area contributed by atoms with Gasteiger partial charge in [-0.05, 0) is 44.4 Å². The minimum atomic E-state index is -0.893. The lowest BCUT2D eigenvalue weighted by Gasteiger charge is -2.36. The summed E-state index contributed by atoms with van der Waals surface area (Å²) in [6.07, 6.45) is 1.19. The lowest BCUT2D eigenvalue weighted by molar-refractivity contribution is -0.143. The lowest BCUT2D eigenvalue weighted by atomic mass is 9.92. The summed E-state index contributed by atoms with van der Waals surface area (Å²) in [5.41, 5.74) is 0.937. The number of piperidine rings is 1. The van der Waals surface area contributed by atoms with Crippen molar-refractivity contribution in [3.63, 3.8) is 0 Å². The number of rotatable bonds is 3. The van der Waals surface area contributed by atoms with Gasteiger partial charge in [0.25, 0.3) is 5.91 Å². The first-order chi connectivity index (χ1) is 10.3. The minimum absolute atomic E-state index is 0.0611. The van der Waals surface area contributed by atoms with Gasteiger partial charge < -0.3 is 19.8 Å². The minimum Gasteiger partial charge on any atom is -0.504 e. The average Bonchev–Trinajstić information content (AvgIpc) is 2.48. The van der Waals surface area contributed by atoms with Crippen LogP contribution < -0.4 is 4.74 Å². The van der Waals surface area contributed by atoms with E-state index in [-0.39, 0.29) is 35.6 Å². The molecule has 1 aliphatic heterocycles. The molecule has 2 rings (SSSR count). The Kier molecular flexibility index (Phi) is 4.59. The van der Waals surface area contributed by atoms with E-state index in [0.29, 0.717) is 12.8 Å². The molecule has 1 fully saturated rings. The van der Waals surface area contributed by atoms with Gasteiger partial charge in [0, 0.05) is 12.6 Å². The highest BCUT2D eigenvalue weighted by Crippen LogP contribution is 2.33. The number of ether oxygens (including phenoxy) is 1. The van der Waals surface area contributed by atoms with Crippen LogP contribution in [0.1, 0.15) is 35.7 Å². The van der Waals surface area contributed by atoms with Crippen LogP contribution >= 0.6 is 0 Å². The number of methoxy groups -OCH3 is 1. The zero-order valence-electron chi connectivity index (χ0n) is 13.0. The molecule has 6 nitrogen and oxygen atoms in total. The van der Waals surface area contributed by atoms with E-state index in [4.69, 9.17) is 9.84 Å². The molecule has 2 N–H and O–H groups in total. The number of carbonyl (C=O) groups is 2. The van der Waals surface area contributed by atoms with Gasteiger partial charge in [0.1, 0.15) is 0 Å². The molecule has 1 aromatic carbocycles. The van der Waals surface area contributed by atoms with Crippen molar-refractivity contribution in [2.45, 2.75) is 32.7 Å². The van der Waals surface area contributed by atoms with Gasteiger partial charge in [-0.2, -0.15) is 0 Å². The highest BCUT2D eigenvalue weighted by Gasteiger charge is 2.34. The number of aliphatic carboxylic acids is 1. The number of aryl methyl sites for hydroxylation is 1. The highest BCUT2D eigenvalue weighted by molar-refractivity contribution is 5.98. The van der Waals surface area contributed by atoms with E-state index in [1.807, 2.05) is 6.92 Å². The topological polar surface area (TPSA) is 87.1 Å². The SMILES string of the molecule is COc1cc(C)cc(C(=O)N2CC(C(=O)O)CCC2C)c1O. The van der Waals surface area contributed by atoms with Crippen LogP contribution in [0.3, 0.4) is 0 Å². The number of phenols is 1. The number of phenolic OH excluding ortho intramolecular Hbond substituents is 1. The first kappa shape index (κ1) is 16.1. The number of likely N-dealkylation sites (tertiary alicyclic amines) is 1. The molecule has 2 unspecified atom stereocenters. The Morgan fingerprint density at radius 1 is 1.32 bits per heavy atom. The van der Waals surface area contributed by atoms with E-state index in [9.17, 15) is 14.7 Å². The van der Waals surface area contributed by atoms with Gasteiger partial charge in [0.15, 0.2) is 11.5 Å². The van der Waals surface area contributed by atoms with E-state index in [2.05, 4.69) is 0 Å². The van der Waals surface area contributed by atoms with Crippen LogP contribution in [0.2, 0.25) is 0 Å². The van der Waals surface area contributed by atoms with Crippen molar-refractivity contribution in [1.82, 2.24) is 4.90 Å². The van der Waals surface area contributed by atoms with Crippen molar-refractivity contribution in [2.75, 3.05) is 13.7 Å². The molecule has 22 heavy (non-hydrogen) atoms. The summed E-state index contributed by atoms with van der Waals surface area (Å²) in [6.45, 7) is 3.85. The van der Waals surface area contributed by atoms with Crippen molar-refractivity contribution >= 4 is 11.9 Å². The highest BCUT2D eigenvalue weighted by atomic mass is 16.5. The molecule has 0 radical (unpaired) electrons. The van der Waals surface area contributed by atoms with E-state index >= 15 is 0 Å². The largest absolute Gasteiger partial charge is 0.504 e. The fourth-order valence-electron chi connectivity index (χ4n) is 2.81. The second kappa shape index (κ2) is 6.25. The van der Waals surface area contributed by atoms with Crippen molar-refractivity contribution in [3.8, 4) is 11.5 Å². The third-order valence-corrected chi connectivity index (χ3v) is 4.16. The zero-order chi connectivity index (χ0) is 16.4. The quantitative estimate of drug-likeness (QED) is 0.892. The molecule has 1 heterocycles. The Balaban J connectivity index is 2.34. The van der Waals surface area contributed by atoms with Crippen LogP contribution in [0, 0.1) is 12.8 Å². The maximum Gasteiger partial charge on any atom is 0.308 e. The number of hydrogen-bond donors (Lipinski definition) is 2. The van der Waals surface area contributed by atoms with Crippen LogP contribution in [-0.4, -0.2) is 46.7 Å². The molecule has 1 saturated heterocycles. The van der Waals surface area contributed by atoms with Crippen LogP contribution in [0.4, 0.5) is 0 Å². The van der Waals surface area contributed by atoms with Gasteiger partial charge in [-0.15, -0.1) is 0 Å². The van der Waals surface area contributed by atoms with E-state index in [1.165, 1.54) is 12.0 Å². The monoisotopic (exact) mass is 307 g/mol. The predicted octanol–water partition coefficient (Wildman–Crippen LogP) is 2.03. The summed E-state index contributed by atoms with van der Waals surface area (Å²) >= 11 is 0. The predicted molar refractivity (Wildman–Crippen MR) is 80.3 cm³/mol. The standard InChI is InChI=1S/C16H21NO5/c1-9-6-12(14(18)13(7-9)22-3)15(19)17-8-11(16(20)21)5-4-10(17)2/h6-7,10-11,18H,4-5,8H2,1-3H3,(H,20,21). The number of aromatic hydroxyl groups is 1. The zero-order valence-corrected chi connectivity index (χ0v) is 13.0. The average molecular weight is 307 g/mol. The normalized spacial score (nSPS) is 21.5. The van der Waals surface area contributed by atoms with Gasteiger partial charge in [-0.3, -0.25) is 9.59 Å². The van der Waals surface area contributed by atoms with Crippen LogP contribution in [0.15, 0.2) is 12.1 Å². The summed E-state index contributed by atoms with van der Waals surface area (Å²) < 4.78 is 5.08. The summed E-state index contributed by atoms with van der Waals surface area (Å²) in [5, 5.41) is 19.4. The Hall–Kier alpha value is -2.24. The van der Waals surface area contributed by atoms with E-state index in [1.54, 1.807) is 19.1 Å². The van der Waals surface area contributed by atoms with E-state index < -0.39 is 11.9 Å². The smallest absolute Gasteiger partial charge is 0.308 e. The summed E-state index contributed by atoms with van der Waals surface area (Å²) in [6, 6.07) is 3.18. The molecule has 1 aromatic rings. The fraction of sp³-hybridized carbons (Fsp3) is 0.500. The molecule has 1 aliphatic rings. The van der Waals surface area contributed by atoms with Gasteiger partial charge >= 0.3 is 5.97 Å². The van der Waals surface area contributed by atoms with Gasteiger partial charge in [-0.1, -0.05) is 0 Å². The Bertz CT molecular complexity index is 598. The molecular weight excluding hydrogens is 286 g/mol. The Morgan fingerprint density at radius 3 is 2.59 bits per heavy atom. The Morgan fingerprint density at radius 2 is 2.00 bits per heavy atom. The number of benzene rings is 1. The van der Waals surface area contributed by atoms with Crippen molar-refractivity contribution < 1.29 is 24.5 Å². The third kappa shape index (κ3) is 3.00. The van der Waals surface area contributed by atoms with Crippen LogP contribution in [0.5, 0.6) is 11.5 Å². The van der Waals surface area contributed by atoms with Crippen LogP contribution in [-0.2, 0) is 4.79 Å². The maximum absolute atomic E-state index is 12.7. The summed E-state index contributed by atoms with van der Waals surface area (Å²) in [7, 11) is 1.42. The second-order valence-corrected chi connectivity index (χ2v) is 5.78. The second-order valence-electron chi connectivity index (χ2n) is 5.78. The molecule has 2 atom stereocenters. The number of hydrogen-bond acceptors (Lipinski definition) is 4. The van der Waals surface area contributed by atoms with E-state index in [0.717, 1.165) is 5.56 Å². The Labute approximate surface area is 129 Å². The molecule has 120 valence electrons. The number of carboxylic acid groups (broad SMARTS) is 1. The number of carboxylic acids is 1. The summed E-state index contributed by atoms with van der Waals surface area (Å²) in [4.78, 5) is 25.4. The van der Waals surface area contributed by atoms with Crippen LogP contribution in [0.25, 0.3) is 0 Å². The molecule has 0 aliphatic carbocycles. The van der Waals surface area contributed by atoms with Crippen molar-refractivity contribution in [3.05, 3.63) is 23.3 Å². The number of carbonyl (C=O) groups excluding carboxylic acids is 1. The maximum atomic E-state index is 12.7. The molecule has 6 heteroatoms. The molecular formula is C16H21NO5. The molecule has 0 bridgehead atoms. The first-order valence-corrected chi connectivity index (χ1v) is 7.26. The van der Waals surface area contributed by atoms with Crippen molar-refractivity contribution in [2.24, 2.45) is 5.92 Å². The number of amides is 1.